The quantitative estimate of drug-likeness (QED) is 0.584. The van der Waals surface area contributed by atoms with E-state index in [9.17, 15) is 0 Å². The molecule has 1 unspecified atom stereocenters. The van der Waals surface area contributed by atoms with Gasteiger partial charge in [-0.15, -0.1) is 11.3 Å². The third-order valence-electron chi connectivity index (χ3n) is 3.49. The molecule has 0 aliphatic rings. The van der Waals surface area contributed by atoms with E-state index in [0.29, 0.717) is 0 Å². The highest BCUT2D eigenvalue weighted by Crippen LogP contribution is 2.38. The highest BCUT2D eigenvalue weighted by atomic mass is 79.9. The molecule has 1 aromatic heterocycles. The van der Waals surface area contributed by atoms with Crippen molar-refractivity contribution in [2.75, 3.05) is 6.54 Å². The highest BCUT2D eigenvalue weighted by molar-refractivity contribution is 9.10. The third-order valence-corrected chi connectivity index (χ3v) is 6.03. The highest BCUT2D eigenvalue weighted by Gasteiger charge is 2.19. The zero-order chi connectivity index (χ0) is 14.8. The van der Waals surface area contributed by atoms with Crippen molar-refractivity contribution < 1.29 is 0 Å². The van der Waals surface area contributed by atoms with Crippen molar-refractivity contribution in [3.05, 3.63) is 67.8 Å². The molecule has 0 saturated carbocycles. The fourth-order valence-electron chi connectivity index (χ4n) is 2.58. The van der Waals surface area contributed by atoms with Gasteiger partial charge >= 0.3 is 0 Å². The van der Waals surface area contributed by atoms with Crippen LogP contribution in [0.2, 0.25) is 4.34 Å². The zero-order valence-electron chi connectivity index (χ0n) is 11.6. The van der Waals surface area contributed by atoms with E-state index in [4.69, 9.17) is 11.6 Å². The normalized spacial score (nSPS) is 12.7. The number of fused-ring (bicyclic) bond motifs is 1. The van der Waals surface area contributed by atoms with Gasteiger partial charge in [0.05, 0.1) is 6.04 Å². The predicted molar refractivity (Wildman–Crippen MR) is 96.5 cm³/mol. The van der Waals surface area contributed by atoms with Crippen LogP contribution >= 0.6 is 38.9 Å². The van der Waals surface area contributed by atoms with Crippen LogP contribution < -0.4 is 5.32 Å². The van der Waals surface area contributed by atoms with Gasteiger partial charge in [0.2, 0.25) is 0 Å². The smallest absolute Gasteiger partial charge is 0.107 e. The molecule has 0 aliphatic carbocycles. The lowest BCUT2D eigenvalue weighted by molar-refractivity contribution is 0.643. The molecular weight excluding hydrogens is 366 g/mol. The molecule has 0 saturated heterocycles. The van der Waals surface area contributed by atoms with Gasteiger partial charge in [0.1, 0.15) is 4.34 Å². The number of benzene rings is 2. The van der Waals surface area contributed by atoms with E-state index in [1.165, 1.54) is 21.2 Å². The maximum atomic E-state index is 6.22. The van der Waals surface area contributed by atoms with Crippen LogP contribution in [0.5, 0.6) is 0 Å². The Kier molecular flexibility index (Phi) is 4.65. The number of rotatable bonds is 4. The first-order chi connectivity index (χ1) is 10.2. The standard InChI is InChI=1S/C17H15BrClNS/c1-2-20-16(15-10-14(18)17(19)21-15)13-9-5-7-11-6-3-4-8-12(11)13/h3-10,16,20H,2H2,1H3. The van der Waals surface area contributed by atoms with Crippen molar-refractivity contribution in [2.24, 2.45) is 0 Å². The van der Waals surface area contributed by atoms with Crippen molar-refractivity contribution in [1.82, 2.24) is 5.32 Å². The molecule has 3 rings (SSSR count). The Morgan fingerprint density at radius 3 is 2.67 bits per heavy atom. The topological polar surface area (TPSA) is 12.0 Å². The molecule has 108 valence electrons. The molecule has 0 bridgehead atoms. The Bertz CT molecular complexity index is 744. The summed E-state index contributed by atoms with van der Waals surface area (Å²) in [5.74, 6) is 0. The molecule has 0 aliphatic heterocycles. The van der Waals surface area contributed by atoms with Gasteiger partial charge in [-0.25, -0.2) is 0 Å². The molecule has 0 amide bonds. The maximum Gasteiger partial charge on any atom is 0.107 e. The Balaban J connectivity index is 2.15. The van der Waals surface area contributed by atoms with Crippen molar-refractivity contribution in [1.29, 1.82) is 0 Å². The lowest BCUT2D eigenvalue weighted by Gasteiger charge is -2.19. The number of hydrogen-bond donors (Lipinski definition) is 1. The second-order valence-electron chi connectivity index (χ2n) is 4.83. The van der Waals surface area contributed by atoms with Crippen molar-refractivity contribution >= 4 is 49.6 Å². The van der Waals surface area contributed by atoms with Crippen LogP contribution in [0.1, 0.15) is 23.4 Å². The van der Waals surface area contributed by atoms with Crippen LogP contribution in [-0.4, -0.2) is 6.54 Å². The van der Waals surface area contributed by atoms with Gasteiger partial charge in [0.25, 0.3) is 0 Å². The maximum absolute atomic E-state index is 6.22. The molecule has 1 heterocycles. The molecule has 1 atom stereocenters. The van der Waals surface area contributed by atoms with Crippen molar-refractivity contribution in [3.8, 4) is 0 Å². The van der Waals surface area contributed by atoms with E-state index in [2.05, 4.69) is 76.7 Å². The van der Waals surface area contributed by atoms with E-state index in [-0.39, 0.29) is 6.04 Å². The van der Waals surface area contributed by atoms with Gasteiger partial charge in [-0.1, -0.05) is 61.0 Å². The van der Waals surface area contributed by atoms with E-state index in [1.54, 1.807) is 11.3 Å². The van der Waals surface area contributed by atoms with Gasteiger partial charge in [-0.3, -0.25) is 0 Å². The lowest BCUT2D eigenvalue weighted by Crippen LogP contribution is -2.21. The van der Waals surface area contributed by atoms with Crippen molar-refractivity contribution in [2.45, 2.75) is 13.0 Å². The Hall–Kier alpha value is -0.870. The van der Waals surface area contributed by atoms with Crippen LogP contribution in [0.25, 0.3) is 10.8 Å². The van der Waals surface area contributed by atoms with E-state index in [0.717, 1.165) is 15.4 Å². The first-order valence-electron chi connectivity index (χ1n) is 6.86. The second kappa shape index (κ2) is 6.49. The molecule has 0 radical (unpaired) electrons. The van der Waals surface area contributed by atoms with Crippen molar-refractivity contribution in [3.63, 3.8) is 0 Å². The van der Waals surface area contributed by atoms with Gasteiger partial charge in [-0.2, -0.15) is 0 Å². The van der Waals surface area contributed by atoms with Crippen LogP contribution in [0, 0.1) is 0 Å². The Morgan fingerprint density at radius 1 is 1.19 bits per heavy atom. The minimum Gasteiger partial charge on any atom is -0.306 e. The molecule has 2 aromatic carbocycles. The van der Waals surface area contributed by atoms with E-state index in [1.807, 2.05) is 0 Å². The molecule has 4 heteroatoms. The fourth-order valence-corrected chi connectivity index (χ4v) is 4.41. The summed E-state index contributed by atoms with van der Waals surface area (Å²) in [5.41, 5.74) is 1.29. The molecule has 1 N–H and O–H groups in total. The second-order valence-corrected chi connectivity index (χ2v) is 7.37. The average Bonchev–Trinajstić information content (AvgIpc) is 2.84. The summed E-state index contributed by atoms with van der Waals surface area (Å²) in [7, 11) is 0. The monoisotopic (exact) mass is 379 g/mol. The number of nitrogens with one attached hydrogen (secondary N) is 1. The predicted octanol–water partition coefficient (Wildman–Crippen LogP) is 6.02. The van der Waals surface area contributed by atoms with Crippen LogP contribution in [-0.2, 0) is 0 Å². The summed E-state index contributed by atoms with van der Waals surface area (Å²) in [6.45, 7) is 3.03. The molecule has 3 aromatic rings. The SMILES string of the molecule is CCNC(c1cc(Br)c(Cl)s1)c1cccc2ccccc12. The zero-order valence-corrected chi connectivity index (χ0v) is 14.7. The van der Waals surface area contributed by atoms with E-state index < -0.39 is 0 Å². The molecular formula is C17H15BrClNS. The summed E-state index contributed by atoms with van der Waals surface area (Å²) >= 11 is 11.4. The van der Waals surface area contributed by atoms with E-state index >= 15 is 0 Å². The van der Waals surface area contributed by atoms with Gasteiger partial charge in [0, 0.05) is 9.35 Å². The molecule has 21 heavy (non-hydrogen) atoms. The average molecular weight is 381 g/mol. The first-order valence-corrected chi connectivity index (χ1v) is 8.85. The minimum atomic E-state index is 0.162. The summed E-state index contributed by atoms with van der Waals surface area (Å²) in [6.07, 6.45) is 0. The molecule has 0 spiro atoms. The number of halogens is 2. The Morgan fingerprint density at radius 2 is 1.95 bits per heavy atom. The fraction of sp³-hybridized carbons (Fsp3) is 0.176. The van der Waals surface area contributed by atoms with Crippen LogP contribution in [0.15, 0.2) is 53.0 Å². The molecule has 0 fully saturated rings. The molecule has 1 nitrogen and oxygen atoms in total. The largest absolute Gasteiger partial charge is 0.306 e. The van der Waals surface area contributed by atoms with Crippen LogP contribution in [0.3, 0.4) is 0 Å². The van der Waals surface area contributed by atoms with Crippen LogP contribution in [0.4, 0.5) is 0 Å². The minimum absolute atomic E-state index is 0.162. The lowest BCUT2D eigenvalue weighted by atomic mass is 9.98. The summed E-state index contributed by atoms with van der Waals surface area (Å²) < 4.78 is 1.76. The number of thiophene rings is 1. The summed E-state index contributed by atoms with van der Waals surface area (Å²) in [6, 6.07) is 17.2. The number of hydrogen-bond acceptors (Lipinski definition) is 2. The third kappa shape index (κ3) is 3.02. The Labute approximate surface area is 142 Å². The summed E-state index contributed by atoms with van der Waals surface area (Å²) in [5, 5.41) is 6.13. The first kappa shape index (κ1) is 15.0. The van der Waals surface area contributed by atoms with Gasteiger partial charge < -0.3 is 5.32 Å². The van der Waals surface area contributed by atoms with Gasteiger partial charge in [0.15, 0.2) is 0 Å². The summed E-state index contributed by atoms with van der Waals surface area (Å²) in [4.78, 5) is 1.23. The van der Waals surface area contributed by atoms with Gasteiger partial charge in [-0.05, 0) is 44.9 Å².